The third kappa shape index (κ3) is 5.52. The average Bonchev–Trinajstić information content (AvgIpc) is 2.87. The van der Waals surface area contributed by atoms with Crippen LogP contribution in [0.5, 0.6) is 0 Å². The van der Waals surface area contributed by atoms with E-state index < -0.39 is 5.82 Å². The smallest absolute Gasteiger partial charge is 0.223 e. The lowest BCUT2D eigenvalue weighted by molar-refractivity contribution is -0.114. The van der Waals surface area contributed by atoms with Gasteiger partial charge in [0, 0.05) is 51.4 Å². The number of nitrogens with one attached hydrogen (secondary N) is 1. The molecule has 1 amide bonds. The number of halogens is 1. The van der Waals surface area contributed by atoms with Crippen molar-refractivity contribution in [2.75, 3.05) is 31.6 Å². The molecule has 0 spiro atoms. The zero-order valence-electron chi connectivity index (χ0n) is 13.9. The van der Waals surface area contributed by atoms with Crippen LogP contribution in [0.15, 0.2) is 18.6 Å². The molecule has 3 rings (SSSR count). The number of amides is 1. The Morgan fingerprint density at radius 2 is 2.24 bits per heavy atom. The lowest BCUT2D eigenvalue weighted by Crippen LogP contribution is -2.30. The Hall–Kier alpha value is -1.97. The van der Waals surface area contributed by atoms with Crippen LogP contribution >= 0.6 is 11.3 Å². The van der Waals surface area contributed by atoms with E-state index in [1.807, 2.05) is 0 Å². The standard InChI is InChI=1S/C16H20FN5O2S.H2/c1-11(23)21-16-20-7-14(25-16)9-22-2-3-24-10-12(8-22)4-15-18-5-13(17)6-19-15;/h5-7,12H,2-4,8-10H2,1H3,(H,20,21,23);1H/t12-;/m0./s1. The number of anilines is 1. The van der Waals surface area contributed by atoms with Crippen LogP contribution in [-0.4, -0.2) is 52.1 Å². The first-order valence-electron chi connectivity index (χ1n) is 8.07. The number of nitrogens with zero attached hydrogens (tertiary/aromatic N) is 4. The predicted molar refractivity (Wildman–Crippen MR) is 93.8 cm³/mol. The SMILES string of the molecule is CC(=O)Nc1ncc(CN2CCOC[C@@H](Cc3ncc(F)cn3)C2)s1.[HH]. The predicted octanol–water partition coefficient (Wildman–Crippen LogP) is 1.97. The zero-order chi connectivity index (χ0) is 17.6. The Labute approximate surface area is 150 Å². The minimum atomic E-state index is -0.428. The van der Waals surface area contributed by atoms with Gasteiger partial charge in [-0.3, -0.25) is 9.69 Å². The van der Waals surface area contributed by atoms with Crippen molar-refractivity contribution in [3.8, 4) is 0 Å². The summed E-state index contributed by atoms with van der Waals surface area (Å²) in [6, 6.07) is 0. The number of thiazole rings is 1. The number of rotatable bonds is 5. The zero-order valence-corrected chi connectivity index (χ0v) is 14.8. The Balaban J connectivity index is 0.00000243. The van der Waals surface area contributed by atoms with Crippen LogP contribution in [-0.2, 0) is 22.5 Å². The van der Waals surface area contributed by atoms with Crippen LogP contribution in [0.2, 0.25) is 0 Å². The molecule has 1 fully saturated rings. The van der Waals surface area contributed by atoms with Crippen LogP contribution < -0.4 is 5.32 Å². The van der Waals surface area contributed by atoms with Gasteiger partial charge in [-0.1, -0.05) is 0 Å². The summed E-state index contributed by atoms with van der Waals surface area (Å²) in [5.74, 6) is 0.323. The summed E-state index contributed by atoms with van der Waals surface area (Å²) in [5, 5.41) is 3.31. The van der Waals surface area contributed by atoms with Crippen molar-refractivity contribution < 1.29 is 15.3 Å². The van der Waals surface area contributed by atoms with E-state index in [-0.39, 0.29) is 13.3 Å². The second-order valence-corrected chi connectivity index (χ2v) is 7.13. The number of carbonyl (C=O) groups is 1. The third-order valence-corrected chi connectivity index (χ3v) is 4.68. The molecule has 0 radical (unpaired) electrons. The van der Waals surface area contributed by atoms with E-state index in [1.54, 1.807) is 6.20 Å². The van der Waals surface area contributed by atoms with Gasteiger partial charge in [0.15, 0.2) is 10.9 Å². The molecule has 0 aromatic carbocycles. The molecule has 0 bridgehead atoms. The molecular formula is C16H22FN5O2S. The third-order valence-electron chi connectivity index (χ3n) is 3.78. The average molecular weight is 367 g/mol. The molecule has 1 aliphatic heterocycles. The molecule has 136 valence electrons. The number of aromatic nitrogens is 3. The fourth-order valence-corrected chi connectivity index (χ4v) is 3.63. The molecular weight excluding hydrogens is 345 g/mol. The maximum absolute atomic E-state index is 12.9. The van der Waals surface area contributed by atoms with Gasteiger partial charge in [0.25, 0.3) is 0 Å². The van der Waals surface area contributed by atoms with Crippen molar-refractivity contribution in [1.29, 1.82) is 0 Å². The molecule has 25 heavy (non-hydrogen) atoms. The molecule has 1 atom stereocenters. The van der Waals surface area contributed by atoms with Gasteiger partial charge in [-0.2, -0.15) is 0 Å². The molecule has 1 aliphatic rings. The van der Waals surface area contributed by atoms with Gasteiger partial charge in [-0.05, 0) is 0 Å². The second kappa shape index (κ2) is 8.41. The van der Waals surface area contributed by atoms with Gasteiger partial charge in [-0.15, -0.1) is 11.3 Å². The first-order valence-corrected chi connectivity index (χ1v) is 8.89. The molecule has 9 heteroatoms. The van der Waals surface area contributed by atoms with Crippen molar-refractivity contribution in [2.45, 2.75) is 19.9 Å². The molecule has 0 aliphatic carbocycles. The van der Waals surface area contributed by atoms with Gasteiger partial charge >= 0.3 is 0 Å². The first-order chi connectivity index (χ1) is 12.1. The monoisotopic (exact) mass is 367 g/mol. The Kier molecular flexibility index (Phi) is 6.00. The van der Waals surface area contributed by atoms with Gasteiger partial charge in [0.1, 0.15) is 5.82 Å². The maximum atomic E-state index is 12.9. The molecule has 2 aromatic heterocycles. The molecule has 7 nitrogen and oxygen atoms in total. The Morgan fingerprint density at radius 3 is 3.00 bits per heavy atom. The lowest BCUT2D eigenvalue weighted by Gasteiger charge is -2.22. The molecule has 2 aromatic rings. The highest BCUT2D eigenvalue weighted by Gasteiger charge is 2.21. The van der Waals surface area contributed by atoms with Crippen molar-refractivity contribution in [2.24, 2.45) is 5.92 Å². The van der Waals surface area contributed by atoms with Crippen LogP contribution in [0.25, 0.3) is 0 Å². The van der Waals surface area contributed by atoms with Gasteiger partial charge in [-0.25, -0.2) is 19.3 Å². The second-order valence-electron chi connectivity index (χ2n) is 6.01. The maximum Gasteiger partial charge on any atom is 0.223 e. The Bertz CT molecular complexity index is 715. The van der Waals surface area contributed by atoms with Gasteiger partial charge < -0.3 is 10.1 Å². The number of ether oxygens (including phenoxy) is 1. The topological polar surface area (TPSA) is 80.2 Å². The fraction of sp³-hybridized carbons (Fsp3) is 0.500. The highest BCUT2D eigenvalue weighted by atomic mass is 32.1. The van der Waals surface area contributed by atoms with Crippen molar-refractivity contribution >= 4 is 22.4 Å². The summed E-state index contributed by atoms with van der Waals surface area (Å²) in [7, 11) is 0. The molecule has 3 heterocycles. The van der Waals surface area contributed by atoms with E-state index in [9.17, 15) is 9.18 Å². The van der Waals surface area contributed by atoms with E-state index in [0.717, 1.165) is 24.5 Å². The summed E-state index contributed by atoms with van der Waals surface area (Å²) in [6.45, 7) is 5.19. The lowest BCUT2D eigenvalue weighted by atomic mass is 10.1. The molecule has 0 unspecified atom stereocenters. The highest BCUT2D eigenvalue weighted by molar-refractivity contribution is 7.15. The van der Waals surface area contributed by atoms with Crippen LogP contribution in [0.3, 0.4) is 0 Å². The first kappa shape index (κ1) is 17.8. The van der Waals surface area contributed by atoms with Crippen LogP contribution in [0.4, 0.5) is 9.52 Å². The Morgan fingerprint density at radius 1 is 1.44 bits per heavy atom. The van der Waals surface area contributed by atoms with Gasteiger partial charge in [0.05, 0.1) is 25.6 Å². The summed E-state index contributed by atoms with van der Waals surface area (Å²) in [6.07, 6.45) is 4.83. The minimum absolute atomic E-state index is 0. The quantitative estimate of drug-likeness (QED) is 0.870. The largest absolute Gasteiger partial charge is 0.380 e. The number of hydrogen-bond donors (Lipinski definition) is 1. The minimum Gasteiger partial charge on any atom is -0.380 e. The van der Waals surface area contributed by atoms with E-state index in [0.29, 0.717) is 30.6 Å². The van der Waals surface area contributed by atoms with E-state index in [1.165, 1.54) is 30.7 Å². The van der Waals surface area contributed by atoms with Crippen molar-refractivity contribution in [1.82, 2.24) is 19.9 Å². The van der Waals surface area contributed by atoms with E-state index in [2.05, 4.69) is 25.2 Å². The number of carbonyl (C=O) groups excluding carboxylic acids is 1. The van der Waals surface area contributed by atoms with Crippen molar-refractivity contribution in [3.63, 3.8) is 0 Å². The fourth-order valence-electron chi connectivity index (χ4n) is 2.73. The highest BCUT2D eigenvalue weighted by Crippen LogP contribution is 2.21. The van der Waals surface area contributed by atoms with Crippen molar-refractivity contribution in [3.05, 3.63) is 35.1 Å². The van der Waals surface area contributed by atoms with E-state index in [4.69, 9.17) is 4.74 Å². The summed E-state index contributed by atoms with van der Waals surface area (Å²) in [5.41, 5.74) is 0. The van der Waals surface area contributed by atoms with Crippen LogP contribution in [0, 0.1) is 11.7 Å². The summed E-state index contributed by atoms with van der Waals surface area (Å²) in [4.78, 5) is 26.8. The molecule has 1 N–H and O–H groups in total. The van der Waals surface area contributed by atoms with Gasteiger partial charge in [0.2, 0.25) is 5.91 Å². The summed E-state index contributed by atoms with van der Waals surface area (Å²) < 4.78 is 18.6. The number of hydrogen-bond acceptors (Lipinski definition) is 7. The molecule has 1 saturated heterocycles. The normalized spacial score (nSPS) is 18.7. The van der Waals surface area contributed by atoms with E-state index >= 15 is 0 Å². The van der Waals surface area contributed by atoms with Crippen LogP contribution in [0.1, 0.15) is 19.1 Å². The molecule has 0 saturated carbocycles. The summed E-state index contributed by atoms with van der Waals surface area (Å²) >= 11 is 1.48.